The van der Waals surface area contributed by atoms with E-state index in [0.717, 1.165) is 56.7 Å². The van der Waals surface area contributed by atoms with Gasteiger partial charge in [-0.25, -0.2) is 4.98 Å². The van der Waals surface area contributed by atoms with Crippen molar-refractivity contribution in [1.29, 1.82) is 0 Å². The summed E-state index contributed by atoms with van der Waals surface area (Å²) in [6.07, 6.45) is 2.87. The van der Waals surface area contributed by atoms with E-state index in [2.05, 4.69) is 121 Å². The van der Waals surface area contributed by atoms with Crippen LogP contribution >= 0.6 is 0 Å². The maximum absolute atomic E-state index is 6.45. The van der Waals surface area contributed by atoms with Gasteiger partial charge in [0, 0.05) is 34.5 Å². The molecule has 0 fully saturated rings. The minimum absolute atomic E-state index is 0. The summed E-state index contributed by atoms with van der Waals surface area (Å²) < 4.78 is 10.6. The van der Waals surface area contributed by atoms with Crippen molar-refractivity contribution in [1.82, 2.24) is 19.3 Å². The monoisotopic (exact) mass is 736 g/mol. The fraction of sp³-hybridized carbons (Fsp3) is 0.256. The minimum Gasteiger partial charge on any atom is -0.509 e. The van der Waals surface area contributed by atoms with Crippen molar-refractivity contribution in [3.05, 3.63) is 131 Å². The second-order valence-corrected chi connectivity index (χ2v) is 13.7. The van der Waals surface area contributed by atoms with Crippen molar-refractivity contribution < 1.29 is 25.2 Å². The molecule has 0 bridgehead atoms. The number of nitrogens with zero attached hydrogens (tertiary/aromatic N) is 4. The van der Waals surface area contributed by atoms with Crippen LogP contribution in [0.4, 0.5) is 0 Å². The molecule has 7 aromatic rings. The van der Waals surface area contributed by atoms with E-state index in [0.29, 0.717) is 23.3 Å². The van der Waals surface area contributed by atoms with Crippen LogP contribution in [-0.4, -0.2) is 19.3 Å². The molecule has 3 aromatic heterocycles. The smallest absolute Gasteiger partial charge is 0.509 e. The molecule has 0 amide bonds. The summed E-state index contributed by atoms with van der Waals surface area (Å²) in [6.45, 7) is 17.7. The molecular weight excluding hydrogens is 695 g/mol. The van der Waals surface area contributed by atoms with Crippen LogP contribution in [0.3, 0.4) is 0 Å². The van der Waals surface area contributed by atoms with Crippen LogP contribution < -0.4 is 4.74 Å². The van der Waals surface area contributed by atoms with E-state index in [1.54, 1.807) is 0 Å². The van der Waals surface area contributed by atoms with E-state index in [1.807, 2.05) is 41.2 Å². The van der Waals surface area contributed by atoms with Gasteiger partial charge in [-0.05, 0) is 103 Å². The van der Waals surface area contributed by atoms with Gasteiger partial charge < -0.3 is 9.30 Å². The average Bonchev–Trinajstić information content (AvgIpc) is 3.53. The third kappa shape index (κ3) is 6.48. The van der Waals surface area contributed by atoms with Gasteiger partial charge in [-0.3, -0.25) is 4.68 Å². The number of benzene rings is 4. The Morgan fingerprint density at radius 2 is 1.55 bits per heavy atom. The first-order chi connectivity index (χ1) is 23.1. The van der Waals surface area contributed by atoms with Crippen molar-refractivity contribution in [3.63, 3.8) is 0 Å². The second-order valence-electron chi connectivity index (χ2n) is 13.7. The predicted molar refractivity (Wildman–Crippen MR) is 197 cm³/mol. The maximum atomic E-state index is 6.45. The number of aryl methyl sites for hydroxylation is 3. The zero-order valence-corrected chi connectivity index (χ0v) is 31.0. The van der Waals surface area contributed by atoms with Gasteiger partial charge in [-0.1, -0.05) is 63.5 Å². The van der Waals surface area contributed by atoms with Crippen LogP contribution in [0.15, 0.2) is 85.1 Å². The SMILES string of the molecule is Cc1ccnc(-n2c3[c-]c(Oc4[c-]c(-n5nc(C)c(-c6c(C)cc(C(C)C)cc6CC(C)C)c5C)ccc4)ccc3c3ccccc32)c1.[Pd+2]. The van der Waals surface area contributed by atoms with Crippen LogP contribution in [0.25, 0.3) is 44.4 Å². The first-order valence-corrected chi connectivity index (χ1v) is 16.9. The van der Waals surface area contributed by atoms with Crippen molar-refractivity contribution in [3.8, 4) is 34.1 Å². The van der Waals surface area contributed by atoms with Gasteiger partial charge in [0.05, 0.1) is 5.69 Å². The molecule has 0 N–H and O–H groups in total. The maximum Gasteiger partial charge on any atom is 2.00 e. The van der Waals surface area contributed by atoms with Crippen LogP contribution in [0, 0.1) is 45.7 Å². The van der Waals surface area contributed by atoms with E-state index in [-0.39, 0.29) is 20.4 Å². The molecule has 0 aliphatic carbocycles. The van der Waals surface area contributed by atoms with Gasteiger partial charge in [0.2, 0.25) is 0 Å². The number of aromatic nitrogens is 4. The number of para-hydroxylation sites is 1. The standard InChI is InChI=1S/C43H42N4O.Pd/c1-26(2)20-33-23-32(27(3)4)22-29(6)42(33)43-30(7)45-47(31(43)8)34-12-11-13-35(24-34)48-36-16-17-38-37-14-9-10-15-39(37)46(40(38)25-36)41-21-28(5)18-19-44-41;/h9-19,21-23,26-27H,20H2,1-8H3;/q-2;+2. The van der Waals surface area contributed by atoms with E-state index in [4.69, 9.17) is 14.8 Å². The molecule has 0 radical (unpaired) electrons. The molecule has 49 heavy (non-hydrogen) atoms. The van der Waals surface area contributed by atoms with Crippen LogP contribution in [-0.2, 0) is 26.8 Å². The first-order valence-electron chi connectivity index (χ1n) is 16.9. The van der Waals surface area contributed by atoms with Crippen molar-refractivity contribution >= 4 is 21.8 Å². The summed E-state index contributed by atoms with van der Waals surface area (Å²) in [5, 5.41) is 7.30. The van der Waals surface area contributed by atoms with Crippen LogP contribution in [0.2, 0.25) is 0 Å². The summed E-state index contributed by atoms with van der Waals surface area (Å²) in [4.78, 5) is 4.70. The van der Waals surface area contributed by atoms with Gasteiger partial charge in [0.25, 0.3) is 0 Å². The summed E-state index contributed by atoms with van der Waals surface area (Å²) in [7, 11) is 0. The molecule has 250 valence electrons. The Labute approximate surface area is 303 Å². The molecule has 4 aromatic carbocycles. The third-order valence-corrected chi connectivity index (χ3v) is 9.16. The fourth-order valence-corrected chi connectivity index (χ4v) is 6.97. The normalized spacial score (nSPS) is 11.6. The topological polar surface area (TPSA) is 44.9 Å². The Bertz CT molecular complexity index is 2310. The Balaban J connectivity index is 0.00000417. The van der Waals surface area contributed by atoms with Gasteiger partial charge in [-0.15, -0.1) is 35.7 Å². The average molecular weight is 737 g/mol. The molecule has 3 heterocycles. The summed E-state index contributed by atoms with van der Waals surface area (Å²) in [5.74, 6) is 3.10. The van der Waals surface area contributed by atoms with Crippen LogP contribution in [0.1, 0.15) is 67.3 Å². The van der Waals surface area contributed by atoms with Gasteiger partial charge >= 0.3 is 20.4 Å². The Morgan fingerprint density at radius 1 is 0.776 bits per heavy atom. The molecule has 5 nitrogen and oxygen atoms in total. The van der Waals surface area contributed by atoms with Crippen molar-refractivity contribution in [2.75, 3.05) is 0 Å². The Kier molecular flexibility index (Phi) is 9.67. The molecule has 0 spiro atoms. The molecule has 7 rings (SSSR count). The third-order valence-electron chi connectivity index (χ3n) is 9.16. The van der Waals surface area contributed by atoms with Crippen LogP contribution in [0.5, 0.6) is 11.5 Å². The quantitative estimate of drug-likeness (QED) is 0.115. The molecule has 0 unspecified atom stereocenters. The fourth-order valence-electron chi connectivity index (χ4n) is 6.97. The van der Waals surface area contributed by atoms with E-state index >= 15 is 0 Å². The minimum atomic E-state index is 0. The molecule has 0 aliphatic rings. The van der Waals surface area contributed by atoms with E-state index in [9.17, 15) is 0 Å². The largest absolute Gasteiger partial charge is 2.00 e. The molecule has 0 atom stereocenters. The molecule has 0 saturated heterocycles. The molecule has 0 saturated carbocycles. The Hall–Kier alpha value is -4.50. The number of hydrogen-bond acceptors (Lipinski definition) is 3. The van der Waals surface area contributed by atoms with Gasteiger partial charge in [0.1, 0.15) is 5.82 Å². The zero-order valence-electron chi connectivity index (χ0n) is 29.5. The number of fused-ring (bicyclic) bond motifs is 3. The zero-order chi connectivity index (χ0) is 33.7. The van der Waals surface area contributed by atoms with Gasteiger partial charge in [0.15, 0.2) is 0 Å². The van der Waals surface area contributed by atoms with Crippen molar-refractivity contribution in [2.45, 2.75) is 67.7 Å². The Morgan fingerprint density at radius 3 is 2.31 bits per heavy atom. The van der Waals surface area contributed by atoms with E-state index in [1.165, 1.54) is 27.8 Å². The number of rotatable bonds is 8. The summed E-state index contributed by atoms with van der Waals surface area (Å²) in [6, 6.07) is 34.4. The summed E-state index contributed by atoms with van der Waals surface area (Å²) >= 11 is 0. The van der Waals surface area contributed by atoms with E-state index < -0.39 is 0 Å². The number of ether oxygens (including phenoxy) is 1. The first kappa shape index (κ1) is 34.4. The summed E-state index contributed by atoms with van der Waals surface area (Å²) in [5.41, 5.74) is 12.7. The molecule has 6 heteroatoms. The van der Waals surface area contributed by atoms with Gasteiger partial charge in [-0.2, -0.15) is 17.2 Å². The van der Waals surface area contributed by atoms with Crippen molar-refractivity contribution in [2.24, 2.45) is 5.92 Å². The number of pyridine rings is 1. The molecular formula is C43H42N4OPd. The molecule has 0 aliphatic heterocycles. The second kappa shape index (κ2) is 13.8. The predicted octanol–water partition coefficient (Wildman–Crippen LogP) is 11.0. The number of hydrogen-bond donors (Lipinski definition) is 0.